The summed E-state index contributed by atoms with van der Waals surface area (Å²) in [6.45, 7) is 5.02. The highest BCUT2D eigenvalue weighted by molar-refractivity contribution is 5.76. The van der Waals surface area contributed by atoms with Crippen molar-refractivity contribution in [2.24, 2.45) is 0 Å². The van der Waals surface area contributed by atoms with Gasteiger partial charge in [0.05, 0.1) is 25.4 Å². The fourth-order valence-electron chi connectivity index (χ4n) is 13.5. The normalized spacial score (nSPS) is 12.4. The Morgan fingerprint density at radius 1 is 0.303 bits per heavy atom. The van der Waals surface area contributed by atoms with Gasteiger partial charge in [0, 0.05) is 12.8 Å². The molecule has 0 heterocycles. The molecule has 89 heavy (non-hydrogen) atoms. The Morgan fingerprint density at radius 3 is 0.798 bits per heavy atom. The molecule has 1 amide bonds. The molecule has 2 unspecified atom stereocenters. The molecule has 530 valence electrons. The number of carbonyl (C=O) groups is 2. The molecule has 3 N–H and O–H groups in total. The summed E-state index contributed by atoms with van der Waals surface area (Å²) < 4.78 is 5.52. The summed E-state index contributed by atoms with van der Waals surface area (Å²) in [5.74, 6) is -0.00379. The van der Waals surface area contributed by atoms with Crippen LogP contribution in [0.25, 0.3) is 0 Å². The van der Waals surface area contributed by atoms with Crippen LogP contribution in [-0.4, -0.2) is 47.4 Å². The number of unbranched alkanes of at least 4 members (excludes halogenated alkanes) is 66. The Bertz CT molecular complexity index is 1350. The minimum atomic E-state index is -0.664. The molecule has 0 aliphatic heterocycles. The van der Waals surface area contributed by atoms with Gasteiger partial charge in [-0.2, -0.15) is 0 Å². The molecule has 0 radical (unpaired) electrons. The van der Waals surface area contributed by atoms with E-state index in [4.69, 9.17) is 4.74 Å². The molecule has 0 spiro atoms. The second-order valence-electron chi connectivity index (χ2n) is 28.8. The van der Waals surface area contributed by atoms with Crippen LogP contribution in [0.1, 0.15) is 483 Å². The maximum Gasteiger partial charge on any atom is 0.305 e. The molecule has 0 rings (SSSR count). The van der Waals surface area contributed by atoms with E-state index >= 15 is 0 Å². The third-order valence-electron chi connectivity index (χ3n) is 19.8. The van der Waals surface area contributed by atoms with Crippen molar-refractivity contribution in [2.75, 3.05) is 13.2 Å². The minimum absolute atomic E-state index is 0.0235. The summed E-state index contributed by atoms with van der Waals surface area (Å²) in [5.41, 5.74) is 0. The van der Waals surface area contributed by atoms with Gasteiger partial charge < -0.3 is 20.3 Å². The fraction of sp³-hybridized carbons (Fsp3) is 0.952. The number of aliphatic hydroxyl groups is 2. The lowest BCUT2D eigenvalue weighted by Crippen LogP contribution is -2.45. The summed E-state index contributed by atoms with van der Waals surface area (Å²) >= 11 is 0. The Balaban J connectivity index is 3.35. The Morgan fingerprint density at radius 2 is 0.528 bits per heavy atom. The van der Waals surface area contributed by atoms with Crippen LogP contribution in [0.4, 0.5) is 0 Å². The Hall–Kier alpha value is -1.40. The molecule has 2 atom stereocenters. The number of aliphatic hydroxyl groups excluding tert-OH is 2. The SMILES string of the molecule is CCCCCCCCCCCCCCCCCCCCCCCCCC(O)C(CO)NC(=O)CCCCCCCCCCCCCCCC/C=C\CCCCCCCCCCCCCCOC(=O)CCCCCCCCCCCCCCCCCCCCC. The van der Waals surface area contributed by atoms with E-state index in [-0.39, 0.29) is 18.5 Å². The molecule has 0 bridgehead atoms. The Labute approximate surface area is 559 Å². The molecule has 0 aromatic rings. The van der Waals surface area contributed by atoms with Crippen molar-refractivity contribution in [3.8, 4) is 0 Å². The van der Waals surface area contributed by atoms with E-state index in [0.29, 0.717) is 25.9 Å². The number of carbonyl (C=O) groups excluding carboxylic acids is 2. The third kappa shape index (κ3) is 75.5. The number of esters is 1. The summed E-state index contributed by atoms with van der Waals surface area (Å²) in [7, 11) is 0. The first-order valence-corrected chi connectivity index (χ1v) is 41.4. The standard InChI is InChI=1S/C83H163NO5/c1-3-5-7-9-11-13-15-17-19-21-23-24-33-36-40-43-47-51-55-59-63-67-71-75-81(86)80(79-85)84-82(87)76-72-68-64-60-56-52-48-44-41-37-34-31-29-27-25-26-28-30-32-35-38-42-46-50-54-58-62-66-70-74-78-89-83(88)77-73-69-65-61-57-53-49-45-39-22-20-18-16-14-12-10-8-6-4-2/h26,28,80-81,85-86H,3-25,27,29-79H2,1-2H3,(H,84,87)/b28-26-. The smallest absolute Gasteiger partial charge is 0.305 e. The van der Waals surface area contributed by atoms with Crippen molar-refractivity contribution in [2.45, 2.75) is 495 Å². The predicted octanol–water partition coefficient (Wildman–Crippen LogP) is 27.4. The number of nitrogens with one attached hydrogen (secondary N) is 1. The maximum absolute atomic E-state index is 12.6. The van der Waals surface area contributed by atoms with E-state index in [1.165, 1.54) is 411 Å². The average molecular weight is 1260 g/mol. The van der Waals surface area contributed by atoms with E-state index < -0.39 is 12.1 Å². The van der Waals surface area contributed by atoms with E-state index in [1.807, 2.05) is 0 Å². The van der Waals surface area contributed by atoms with Crippen LogP contribution in [0.3, 0.4) is 0 Å². The largest absolute Gasteiger partial charge is 0.466 e. The molecular formula is C83H163NO5. The highest BCUT2D eigenvalue weighted by Crippen LogP contribution is 2.21. The molecule has 0 aromatic heterocycles. The van der Waals surface area contributed by atoms with Gasteiger partial charge >= 0.3 is 5.97 Å². The van der Waals surface area contributed by atoms with Crippen LogP contribution >= 0.6 is 0 Å². The van der Waals surface area contributed by atoms with Gasteiger partial charge in [0.25, 0.3) is 0 Å². The van der Waals surface area contributed by atoms with Gasteiger partial charge in [-0.05, 0) is 51.4 Å². The lowest BCUT2D eigenvalue weighted by atomic mass is 10.0. The monoisotopic (exact) mass is 1250 g/mol. The summed E-state index contributed by atoms with van der Waals surface area (Å²) in [5, 5.41) is 23.5. The quantitative estimate of drug-likeness (QED) is 0.0320. The number of allylic oxidation sites excluding steroid dienone is 2. The van der Waals surface area contributed by atoms with Crippen molar-refractivity contribution in [3.63, 3.8) is 0 Å². The number of hydrogen-bond donors (Lipinski definition) is 3. The zero-order chi connectivity index (χ0) is 64.2. The van der Waals surface area contributed by atoms with Crippen LogP contribution in [0.15, 0.2) is 12.2 Å². The summed E-state index contributed by atoms with van der Waals surface area (Å²) in [4.78, 5) is 24.7. The van der Waals surface area contributed by atoms with E-state index in [1.54, 1.807) is 0 Å². The summed E-state index contributed by atoms with van der Waals surface area (Å²) in [6.07, 6.45) is 100. The fourth-order valence-corrected chi connectivity index (χ4v) is 13.5. The zero-order valence-electron chi connectivity index (χ0n) is 61.0. The van der Waals surface area contributed by atoms with Crippen LogP contribution in [0.5, 0.6) is 0 Å². The van der Waals surface area contributed by atoms with Gasteiger partial charge in [-0.25, -0.2) is 0 Å². The molecule has 6 nitrogen and oxygen atoms in total. The minimum Gasteiger partial charge on any atom is -0.466 e. The van der Waals surface area contributed by atoms with Crippen LogP contribution in [0.2, 0.25) is 0 Å². The first-order chi connectivity index (χ1) is 44.0. The lowest BCUT2D eigenvalue weighted by Gasteiger charge is -2.22. The van der Waals surface area contributed by atoms with Crippen molar-refractivity contribution in [3.05, 3.63) is 12.2 Å². The average Bonchev–Trinajstić information content (AvgIpc) is 3.57. The lowest BCUT2D eigenvalue weighted by molar-refractivity contribution is -0.143. The van der Waals surface area contributed by atoms with Crippen molar-refractivity contribution in [1.29, 1.82) is 0 Å². The van der Waals surface area contributed by atoms with Gasteiger partial charge in [-0.1, -0.05) is 431 Å². The topological polar surface area (TPSA) is 95.9 Å². The number of rotatable bonds is 79. The van der Waals surface area contributed by atoms with Crippen LogP contribution < -0.4 is 5.32 Å². The predicted molar refractivity (Wildman–Crippen MR) is 394 cm³/mol. The molecule has 0 fully saturated rings. The Kier molecular flexibility index (Phi) is 77.8. The molecule has 0 saturated carbocycles. The number of amides is 1. The van der Waals surface area contributed by atoms with Gasteiger partial charge in [0.1, 0.15) is 0 Å². The van der Waals surface area contributed by atoms with Gasteiger partial charge in [0.15, 0.2) is 0 Å². The molecule has 6 heteroatoms. The first kappa shape index (κ1) is 87.6. The van der Waals surface area contributed by atoms with Crippen LogP contribution in [-0.2, 0) is 14.3 Å². The van der Waals surface area contributed by atoms with Gasteiger partial charge in [0.2, 0.25) is 5.91 Å². The molecule has 0 aliphatic carbocycles. The third-order valence-corrected chi connectivity index (χ3v) is 19.8. The van der Waals surface area contributed by atoms with Crippen molar-refractivity contribution in [1.82, 2.24) is 5.32 Å². The summed E-state index contributed by atoms with van der Waals surface area (Å²) in [6, 6.07) is -0.541. The molecule has 0 aromatic carbocycles. The van der Waals surface area contributed by atoms with Crippen molar-refractivity contribution >= 4 is 11.9 Å². The van der Waals surface area contributed by atoms with E-state index in [2.05, 4.69) is 31.3 Å². The highest BCUT2D eigenvalue weighted by Gasteiger charge is 2.20. The number of ether oxygens (including phenoxy) is 1. The first-order valence-electron chi connectivity index (χ1n) is 41.4. The highest BCUT2D eigenvalue weighted by atomic mass is 16.5. The molecular weight excluding hydrogens is 1090 g/mol. The second kappa shape index (κ2) is 79.0. The van der Waals surface area contributed by atoms with Crippen LogP contribution in [0, 0.1) is 0 Å². The number of hydrogen-bond acceptors (Lipinski definition) is 5. The van der Waals surface area contributed by atoms with E-state index in [9.17, 15) is 19.8 Å². The molecule has 0 aliphatic rings. The van der Waals surface area contributed by atoms with E-state index in [0.717, 1.165) is 38.5 Å². The maximum atomic E-state index is 12.6. The van der Waals surface area contributed by atoms with Gasteiger partial charge in [-0.3, -0.25) is 9.59 Å². The molecule has 0 saturated heterocycles. The second-order valence-corrected chi connectivity index (χ2v) is 28.8. The van der Waals surface area contributed by atoms with Gasteiger partial charge in [-0.15, -0.1) is 0 Å². The van der Waals surface area contributed by atoms with Crippen molar-refractivity contribution < 1.29 is 24.5 Å². The zero-order valence-corrected chi connectivity index (χ0v) is 61.0.